The largest absolute Gasteiger partial charge is 0.444 e. The van der Waals surface area contributed by atoms with E-state index in [4.69, 9.17) is 9.15 Å². The van der Waals surface area contributed by atoms with Crippen LogP contribution in [-0.2, 0) is 4.74 Å². The summed E-state index contributed by atoms with van der Waals surface area (Å²) in [5.74, 6) is 0.740. The normalized spacial score (nSPS) is 16.4. The van der Waals surface area contributed by atoms with Gasteiger partial charge in [0, 0.05) is 94.0 Å². The molecule has 2 aromatic heterocycles. The first kappa shape index (κ1) is 32.5. The van der Waals surface area contributed by atoms with Crippen LogP contribution in [0.2, 0.25) is 0 Å². The first-order chi connectivity index (χ1) is 22.7. The number of furan rings is 1. The number of carbonyl (C=O) groups is 2. The Bertz CT molecular complexity index is 1680. The van der Waals surface area contributed by atoms with E-state index in [9.17, 15) is 9.59 Å². The molecule has 0 radical (unpaired) electrons. The van der Waals surface area contributed by atoms with Gasteiger partial charge in [-0.05, 0) is 51.1 Å². The lowest BCUT2D eigenvalue weighted by atomic mass is 9.97. The number of piperazine rings is 2. The Balaban J connectivity index is 1.21. The van der Waals surface area contributed by atoms with Crippen LogP contribution in [0.5, 0.6) is 0 Å². The van der Waals surface area contributed by atoms with Gasteiger partial charge in [-0.2, -0.15) is 0 Å². The molecule has 2 aliphatic rings. The van der Waals surface area contributed by atoms with Crippen LogP contribution < -0.4 is 5.32 Å². The predicted octanol–water partition coefficient (Wildman–Crippen LogP) is 5.90. The average molecular weight is 639 g/mol. The summed E-state index contributed by atoms with van der Waals surface area (Å²) in [6.07, 6.45) is 1.52. The lowest BCUT2D eigenvalue weighted by molar-refractivity contribution is 0.0148. The van der Waals surface area contributed by atoms with Gasteiger partial charge in [0.2, 0.25) is 5.71 Å². The highest BCUT2D eigenvalue weighted by atomic mass is 16.6. The van der Waals surface area contributed by atoms with Gasteiger partial charge >= 0.3 is 6.09 Å². The number of amides is 2. The quantitative estimate of drug-likeness (QED) is 0.255. The fraction of sp³-hybridized carbons (Fsp3) is 0.432. The van der Waals surface area contributed by atoms with Gasteiger partial charge < -0.3 is 29.2 Å². The molecule has 47 heavy (non-hydrogen) atoms. The zero-order chi connectivity index (χ0) is 33.0. The van der Waals surface area contributed by atoms with Crippen molar-refractivity contribution in [1.29, 1.82) is 0 Å². The Hall–Kier alpha value is -4.41. The molecule has 1 N–H and O–H groups in total. The van der Waals surface area contributed by atoms with E-state index in [-0.39, 0.29) is 12.0 Å². The van der Waals surface area contributed by atoms with Crippen molar-refractivity contribution in [3.63, 3.8) is 0 Å². The standard InChI is InChI=1S/C37H46N6O4/c1-5-40-18-22-42(23-19-40)35(44)29-13-9-12-28(26-29)33-31(27-10-7-6-8-11-27)32-30(14-15-39-34(32)46-33)38-16-17-41-20-24-43(25-21-41)36(45)47-37(2,3)4/h6-15,26H,5,16-25H2,1-4H3,(H,38,39). The summed E-state index contributed by atoms with van der Waals surface area (Å²) in [6.45, 7) is 16.5. The molecule has 10 nitrogen and oxygen atoms in total. The molecular formula is C37H46N6O4. The van der Waals surface area contributed by atoms with Crippen molar-refractivity contribution < 1.29 is 18.7 Å². The summed E-state index contributed by atoms with van der Waals surface area (Å²) in [7, 11) is 0. The van der Waals surface area contributed by atoms with Gasteiger partial charge in [0.05, 0.1) is 5.39 Å². The van der Waals surface area contributed by atoms with Gasteiger partial charge in [0.1, 0.15) is 11.4 Å². The molecule has 0 spiro atoms. The minimum Gasteiger partial charge on any atom is -0.444 e. The monoisotopic (exact) mass is 638 g/mol. The fourth-order valence-corrected chi connectivity index (χ4v) is 6.33. The van der Waals surface area contributed by atoms with Gasteiger partial charge in [0.25, 0.3) is 5.91 Å². The number of rotatable bonds is 8. The van der Waals surface area contributed by atoms with Crippen molar-refractivity contribution in [3.8, 4) is 22.5 Å². The van der Waals surface area contributed by atoms with Gasteiger partial charge in [-0.1, -0.05) is 49.4 Å². The molecule has 2 fully saturated rings. The van der Waals surface area contributed by atoms with Crippen molar-refractivity contribution >= 4 is 28.8 Å². The van der Waals surface area contributed by atoms with Crippen molar-refractivity contribution in [2.75, 3.05) is 77.3 Å². The van der Waals surface area contributed by atoms with Gasteiger partial charge in [-0.15, -0.1) is 0 Å². The topological polar surface area (TPSA) is 94.4 Å². The second-order valence-electron chi connectivity index (χ2n) is 13.3. The highest BCUT2D eigenvalue weighted by Crippen LogP contribution is 2.43. The van der Waals surface area contributed by atoms with Crippen LogP contribution in [-0.4, -0.2) is 114 Å². The number of fused-ring (bicyclic) bond motifs is 1. The predicted molar refractivity (Wildman–Crippen MR) is 186 cm³/mol. The smallest absolute Gasteiger partial charge is 0.410 e. The molecule has 2 saturated heterocycles. The highest BCUT2D eigenvalue weighted by molar-refractivity contribution is 6.07. The molecule has 0 unspecified atom stereocenters. The maximum absolute atomic E-state index is 13.5. The van der Waals surface area contributed by atoms with Crippen LogP contribution in [0.4, 0.5) is 10.5 Å². The Morgan fingerprint density at radius 1 is 0.851 bits per heavy atom. The van der Waals surface area contributed by atoms with Crippen molar-refractivity contribution in [2.45, 2.75) is 33.3 Å². The minimum absolute atomic E-state index is 0.0485. The Kier molecular flexibility index (Phi) is 9.79. The van der Waals surface area contributed by atoms with Crippen LogP contribution in [0, 0.1) is 0 Å². The summed E-state index contributed by atoms with van der Waals surface area (Å²) in [5, 5.41) is 4.56. The number of hydrogen-bond donors (Lipinski definition) is 1. The van der Waals surface area contributed by atoms with E-state index in [1.54, 1.807) is 11.1 Å². The van der Waals surface area contributed by atoms with Crippen LogP contribution in [0.1, 0.15) is 38.1 Å². The first-order valence-electron chi connectivity index (χ1n) is 16.7. The van der Waals surface area contributed by atoms with Gasteiger partial charge in [0.15, 0.2) is 0 Å². The Morgan fingerprint density at radius 3 is 2.23 bits per heavy atom. The molecule has 0 aliphatic carbocycles. The molecule has 0 atom stereocenters. The van der Waals surface area contributed by atoms with E-state index in [1.165, 1.54) is 0 Å². The maximum atomic E-state index is 13.5. The first-order valence-corrected chi connectivity index (χ1v) is 16.7. The van der Waals surface area contributed by atoms with E-state index >= 15 is 0 Å². The third-order valence-electron chi connectivity index (χ3n) is 8.90. The van der Waals surface area contributed by atoms with E-state index in [0.29, 0.717) is 30.1 Å². The SMILES string of the molecule is CCN1CCN(C(=O)c2cccc(-c3oc4nccc(NCCN5CCN(C(=O)OC(C)(C)C)CC5)c4c3-c3ccccc3)c2)CC1. The number of nitrogens with one attached hydrogen (secondary N) is 1. The number of benzene rings is 2. The van der Waals surface area contributed by atoms with E-state index in [1.807, 2.05) is 74.2 Å². The van der Waals surface area contributed by atoms with Crippen LogP contribution in [0.25, 0.3) is 33.6 Å². The van der Waals surface area contributed by atoms with Crippen LogP contribution in [0.3, 0.4) is 0 Å². The Labute approximate surface area is 277 Å². The molecule has 4 heterocycles. The summed E-state index contributed by atoms with van der Waals surface area (Å²) in [6, 6.07) is 20.0. The lowest BCUT2D eigenvalue weighted by Crippen LogP contribution is -2.50. The zero-order valence-electron chi connectivity index (χ0n) is 28.0. The number of aromatic nitrogens is 1. The summed E-state index contributed by atoms with van der Waals surface area (Å²) < 4.78 is 12.1. The second kappa shape index (κ2) is 14.1. The molecule has 10 heteroatoms. The van der Waals surface area contributed by atoms with E-state index in [0.717, 1.165) is 86.7 Å². The maximum Gasteiger partial charge on any atom is 0.410 e. The number of ether oxygens (including phenoxy) is 1. The number of hydrogen-bond acceptors (Lipinski definition) is 8. The molecular weight excluding hydrogens is 592 g/mol. The summed E-state index contributed by atoms with van der Waals surface area (Å²) >= 11 is 0. The fourth-order valence-electron chi connectivity index (χ4n) is 6.33. The third-order valence-corrected chi connectivity index (χ3v) is 8.90. The summed E-state index contributed by atoms with van der Waals surface area (Å²) in [5.41, 5.74) is 4.45. The molecule has 0 saturated carbocycles. The van der Waals surface area contributed by atoms with Crippen LogP contribution >= 0.6 is 0 Å². The Morgan fingerprint density at radius 2 is 1.53 bits per heavy atom. The number of carbonyl (C=O) groups excluding carboxylic acids is 2. The molecule has 2 amide bonds. The average Bonchev–Trinajstić information content (AvgIpc) is 3.49. The summed E-state index contributed by atoms with van der Waals surface area (Å²) in [4.78, 5) is 39.1. The molecule has 248 valence electrons. The molecule has 4 aromatic rings. The number of nitrogens with zero attached hydrogens (tertiary/aromatic N) is 5. The lowest BCUT2D eigenvalue weighted by Gasteiger charge is -2.35. The van der Waals surface area contributed by atoms with Crippen molar-refractivity contribution in [3.05, 3.63) is 72.4 Å². The van der Waals surface area contributed by atoms with Crippen molar-refractivity contribution in [1.82, 2.24) is 24.6 Å². The highest BCUT2D eigenvalue weighted by Gasteiger charge is 2.27. The van der Waals surface area contributed by atoms with E-state index < -0.39 is 5.60 Å². The van der Waals surface area contributed by atoms with E-state index in [2.05, 4.69) is 39.2 Å². The molecule has 0 bridgehead atoms. The number of likely N-dealkylation sites (N-methyl/N-ethyl adjacent to an activating group) is 1. The number of anilines is 1. The molecule has 6 rings (SSSR count). The minimum atomic E-state index is -0.496. The van der Waals surface area contributed by atoms with Gasteiger partial charge in [-0.25, -0.2) is 9.78 Å². The molecule has 2 aromatic carbocycles. The third kappa shape index (κ3) is 7.60. The molecule has 2 aliphatic heterocycles. The van der Waals surface area contributed by atoms with Gasteiger partial charge in [-0.3, -0.25) is 9.69 Å². The van der Waals surface area contributed by atoms with Crippen LogP contribution in [0.15, 0.2) is 71.3 Å². The number of pyridine rings is 1. The zero-order valence-corrected chi connectivity index (χ0v) is 28.0. The second-order valence-corrected chi connectivity index (χ2v) is 13.3. The van der Waals surface area contributed by atoms with Crippen molar-refractivity contribution in [2.24, 2.45) is 0 Å².